The molecule has 4 rings (SSSR count). The van der Waals surface area contributed by atoms with Crippen molar-refractivity contribution >= 4 is 16.9 Å². The van der Waals surface area contributed by atoms with Crippen molar-refractivity contribution in [2.75, 3.05) is 50.9 Å². The van der Waals surface area contributed by atoms with Gasteiger partial charge in [-0.25, -0.2) is 0 Å². The van der Waals surface area contributed by atoms with E-state index in [2.05, 4.69) is 11.8 Å². The van der Waals surface area contributed by atoms with Gasteiger partial charge in [-0.05, 0) is 30.9 Å². The number of nitrogens with zero attached hydrogens (tertiary/aromatic N) is 2. The monoisotopic (exact) mass is 416 g/mol. The maximum absolute atomic E-state index is 13.6. The Hall–Kier alpha value is -2.09. The van der Waals surface area contributed by atoms with E-state index in [0.29, 0.717) is 49.6 Å². The molecule has 0 saturated carbocycles. The van der Waals surface area contributed by atoms with Crippen molar-refractivity contribution in [3.8, 4) is 5.75 Å². The Morgan fingerprint density at radius 1 is 1.17 bits per heavy atom. The van der Waals surface area contributed by atoms with Crippen molar-refractivity contribution in [3.05, 3.63) is 34.0 Å². The molecule has 1 aromatic heterocycles. The fourth-order valence-corrected chi connectivity index (χ4v) is 4.38. The van der Waals surface area contributed by atoms with Crippen LogP contribution in [0.5, 0.6) is 5.75 Å². The number of aliphatic hydroxyl groups is 1. The number of fused-ring (bicyclic) bond motifs is 1. The number of hydrogen-bond acceptors (Lipinski definition) is 7. The van der Waals surface area contributed by atoms with Gasteiger partial charge >= 0.3 is 0 Å². The molecule has 3 heterocycles. The van der Waals surface area contributed by atoms with Gasteiger partial charge in [-0.1, -0.05) is 25.5 Å². The molecule has 2 aromatic rings. The molecule has 0 amide bonds. The molecule has 1 atom stereocenters. The Balaban J connectivity index is 1.81. The third-order valence-electron chi connectivity index (χ3n) is 5.94. The molecular formula is C23H32N2O5. The van der Waals surface area contributed by atoms with Crippen molar-refractivity contribution < 1.29 is 19.0 Å². The number of aryl methyl sites for hydroxylation is 1. The van der Waals surface area contributed by atoms with Crippen molar-refractivity contribution in [1.29, 1.82) is 0 Å². The van der Waals surface area contributed by atoms with Gasteiger partial charge in [-0.3, -0.25) is 9.69 Å². The molecule has 2 aliphatic heterocycles. The Morgan fingerprint density at radius 3 is 2.63 bits per heavy atom. The molecule has 7 nitrogen and oxygen atoms in total. The quantitative estimate of drug-likeness (QED) is 0.709. The van der Waals surface area contributed by atoms with Crippen LogP contribution in [-0.2, 0) is 11.2 Å². The first-order chi connectivity index (χ1) is 14.7. The molecule has 0 radical (unpaired) electrons. The van der Waals surface area contributed by atoms with Gasteiger partial charge in [-0.2, -0.15) is 0 Å². The second-order valence-corrected chi connectivity index (χ2v) is 8.04. The molecule has 164 valence electrons. The lowest BCUT2D eigenvalue weighted by atomic mass is 10.1. The zero-order valence-corrected chi connectivity index (χ0v) is 17.8. The summed E-state index contributed by atoms with van der Waals surface area (Å²) in [4.78, 5) is 17.8. The zero-order chi connectivity index (χ0) is 20.9. The van der Waals surface area contributed by atoms with Crippen LogP contribution in [0.2, 0.25) is 0 Å². The van der Waals surface area contributed by atoms with E-state index in [1.807, 2.05) is 23.1 Å². The van der Waals surface area contributed by atoms with E-state index in [0.717, 1.165) is 44.3 Å². The molecule has 1 N–H and O–H groups in total. The molecule has 1 unspecified atom stereocenters. The lowest BCUT2D eigenvalue weighted by Gasteiger charge is -2.31. The van der Waals surface area contributed by atoms with Crippen LogP contribution < -0.4 is 15.1 Å². The summed E-state index contributed by atoms with van der Waals surface area (Å²) in [6.07, 6.45) is 4.15. The van der Waals surface area contributed by atoms with E-state index in [4.69, 9.17) is 13.9 Å². The molecule has 0 aliphatic carbocycles. The van der Waals surface area contributed by atoms with E-state index < -0.39 is 0 Å². The molecular weight excluding hydrogens is 384 g/mol. The van der Waals surface area contributed by atoms with Crippen LogP contribution >= 0.6 is 0 Å². The summed E-state index contributed by atoms with van der Waals surface area (Å²) in [7, 11) is 0. The standard InChI is InChI=1S/C23H32N2O5/c1-2-6-17-7-5-8-18-20(27)22(29-19(9-14-26)24-10-3-4-11-24)23(30-21(17)18)25-12-15-28-16-13-25/h5,7-8,19,26H,2-4,6,9-16H2,1H3. The molecule has 0 bridgehead atoms. The van der Waals surface area contributed by atoms with Crippen LogP contribution in [0, 0.1) is 0 Å². The summed E-state index contributed by atoms with van der Waals surface area (Å²) in [5, 5.41) is 10.1. The van der Waals surface area contributed by atoms with Crippen LogP contribution in [-0.4, -0.2) is 62.2 Å². The summed E-state index contributed by atoms with van der Waals surface area (Å²) >= 11 is 0. The topological polar surface area (TPSA) is 75.4 Å². The Labute approximate surface area is 177 Å². The van der Waals surface area contributed by atoms with Gasteiger partial charge in [0.15, 0.2) is 6.23 Å². The first kappa shape index (κ1) is 21.2. The van der Waals surface area contributed by atoms with Crippen LogP contribution in [0.4, 0.5) is 5.88 Å². The number of ether oxygens (including phenoxy) is 2. The van der Waals surface area contributed by atoms with Crippen LogP contribution in [0.15, 0.2) is 27.4 Å². The average Bonchev–Trinajstić information content (AvgIpc) is 3.31. The lowest BCUT2D eigenvalue weighted by molar-refractivity contribution is 0.0213. The third kappa shape index (κ3) is 4.33. The molecule has 2 aliphatic rings. The first-order valence-corrected chi connectivity index (χ1v) is 11.2. The second kappa shape index (κ2) is 9.81. The van der Waals surface area contributed by atoms with Gasteiger partial charge < -0.3 is 23.9 Å². The van der Waals surface area contributed by atoms with Gasteiger partial charge in [0.25, 0.3) is 0 Å². The number of benzene rings is 1. The van der Waals surface area contributed by atoms with Gasteiger partial charge in [0.05, 0.1) is 18.6 Å². The van der Waals surface area contributed by atoms with Gasteiger partial charge in [0.2, 0.25) is 17.1 Å². The largest absolute Gasteiger partial charge is 0.466 e. The summed E-state index contributed by atoms with van der Waals surface area (Å²) in [6.45, 7) is 6.42. The Bertz CT molecular complexity index is 900. The van der Waals surface area contributed by atoms with E-state index in [1.165, 1.54) is 0 Å². The lowest BCUT2D eigenvalue weighted by Crippen LogP contribution is -2.41. The van der Waals surface area contributed by atoms with Gasteiger partial charge in [0.1, 0.15) is 5.58 Å². The van der Waals surface area contributed by atoms with Crippen molar-refractivity contribution in [2.24, 2.45) is 0 Å². The highest BCUT2D eigenvalue weighted by molar-refractivity contribution is 5.83. The predicted octanol–water partition coefficient (Wildman–Crippen LogP) is 2.77. The maximum Gasteiger partial charge on any atom is 0.243 e. The number of rotatable bonds is 8. The molecule has 2 fully saturated rings. The number of aliphatic hydroxyl groups excluding tert-OH is 1. The smallest absolute Gasteiger partial charge is 0.243 e. The first-order valence-electron chi connectivity index (χ1n) is 11.2. The minimum atomic E-state index is -0.337. The SMILES string of the molecule is CCCc1cccc2c(=O)c(OC(CCO)N3CCCC3)c(N3CCOCC3)oc12. The van der Waals surface area contributed by atoms with E-state index >= 15 is 0 Å². The third-order valence-corrected chi connectivity index (χ3v) is 5.94. The normalized spacial score (nSPS) is 18.8. The van der Waals surface area contributed by atoms with Crippen LogP contribution in [0.25, 0.3) is 11.0 Å². The van der Waals surface area contributed by atoms with E-state index in [-0.39, 0.29) is 24.0 Å². The minimum Gasteiger partial charge on any atom is -0.466 e. The van der Waals surface area contributed by atoms with Gasteiger partial charge in [-0.15, -0.1) is 0 Å². The van der Waals surface area contributed by atoms with E-state index in [9.17, 15) is 9.90 Å². The number of para-hydroxylation sites is 1. The van der Waals surface area contributed by atoms with Gasteiger partial charge in [0, 0.05) is 39.2 Å². The molecule has 2 saturated heterocycles. The van der Waals surface area contributed by atoms with Crippen LogP contribution in [0.3, 0.4) is 0 Å². The van der Waals surface area contributed by atoms with Crippen LogP contribution in [0.1, 0.15) is 38.2 Å². The highest BCUT2D eigenvalue weighted by Gasteiger charge is 2.29. The van der Waals surface area contributed by atoms with E-state index in [1.54, 1.807) is 0 Å². The molecule has 0 spiro atoms. The predicted molar refractivity (Wildman–Crippen MR) is 116 cm³/mol. The summed E-state index contributed by atoms with van der Waals surface area (Å²) < 4.78 is 18.2. The zero-order valence-electron chi connectivity index (χ0n) is 17.8. The Kier molecular flexibility index (Phi) is 6.92. The van der Waals surface area contributed by atoms with Crippen molar-refractivity contribution in [3.63, 3.8) is 0 Å². The fourth-order valence-electron chi connectivity index (χ4n) is 4.38. The highest BCUT2D eigenvalue weighted by Crippen LogP contribution is 2.33. The highest BCUT2D eigenvalue weighted by atomic mass is 16.5. The number of anilines is 1. The number of hydrogen-bond donors (Lipinski definition) is 1. The number of morpholine rings is 1. The molecule has 1 aromatic carbocycles. The fraction of sp³-hybridized carbons (Fsp3) is 0.609. The Morgan fingerprint density at radius 2 is 1.93 bits per heavy atom. The summed E-state index contributed by atoms with van der Waals surface area (Å²) in [5.41, 5.74) is 1.55. The second-order valence-electron chi connectivity index (χ2n) is 8.04. The van der Waals surface area contributed by atoms with Crippen molar-refractivity contribution in [2.45, 2.75) is 45.3 Å². The summed E-state index contributed by atoms with van der Waals surface area (Å²) in [6, 6.07) is 5.75. The average molecular weight is 417 g/mol. The summed E-state index contributed by atoms with van der Waals surface area (Å²) in [5.74, 6) is 0.741. The maximum atomic E-state index is 13.6. The number of likely N-dealkylation sites (tertiary alicyclic amines) is 1. The minimum absolute atomic E-state index is 0.00756. The van der Waals surface area contributed by atoms with Crippen molar-refractivity contribution in [1.82, 2.24) is 4.90 Å². The molecule has 30 heavy (non-hydrogen) atoms. The molecule has 7 heteroatoms.